The first kappa shape index (κ1) is 17.5. The van der Waals surface area contributed by atoms with Crippen molar-refractivity contribution in [2.45, 2.75) is 25.3 Å². The number of carbonyl (C=O) groups excluding carboxylic acids is 2. The number of imide groups is 1. The average molecular weight is 353 g/mol. The normalized spacial score (nSPS) is 20.0. The number of rotatable bonds is 5. The molecule has 1 atom stereocenters. The van der Waals surface area contributed by atoms with Crippen LogP contribution >= 0.6 is 0 Å². The molecule has 0 radical (unpaired) electrons. The maximum absolute atomic E-state index is 12.6. The highest BCUT2D eigenvalue weighted by Gasteiger charge is 2.47. The summed E-state index contributed by atoms with van der Waals surface area (Å²) in [4.78, 5) is 24.8. The molecule has 0 aliphatic carbocycles. The third-order valence-corrected chi connectivity index (χ3v) is 4.32. The monoisotopic (exact) mass is 353 g/mol. The van der Waals surface area contributed by atoms with Crippen molar-refractivity contribution in [3.05, 3.63) is 59.7 Å². The molecule has 0 unspecified atom stereocenters. The quantitative estimate of drug-likeness (QED) is 0.567. The van der Waals surface area contributed by atoms with Crippen LogP contribution in [0.1, 0.15) is 24.5 Å². The van der Waals surface area contributed by atoms with Crippen LogP contribution in [0.4, 0.5) is 4.79 Å². The second-order valence-electron chi connectivity index (χ2n) is 6.35. The summed E-state index contributed by atoms with van der Waals surface area (Å²) >= 11 is 0. The Hall–Kier alpha value is -3.35. The number of benzene rings is 2. The zero-order valence-corrected chi connectivity index (χ0v) is 14.2. The summed E-state index contributed by atoms with van der Waals surface area (Å²) in [5.74, 6) is -0.747. The number of hydrogen-bond donors (Lipinski definition) is 3. The summed E-state index contributed by atoms with van der Waals surface area (Å²) in [6.07, 6.45) is 2.28. The molecular formula is C19H19N3O4. The maximum Gasteiger partial charge on any atom is 0.346 e. The van der Waals surface area contributed by atoms with Gasteiger partial charge in [-0.15, -0.1) is 5.01 Å². The molecule has 2 aromatic rings. The fourth-order valence-electron chi connectivity index (χ4n) is 2.74. The Bertz CT molecular complexity index is 866. The number of carbonyl (C=O) groups is 2. The van der Waals surface area contributed by atoms with E-state index in [0.717, 1.165) is 16.6 Å². The molecule has 0 aromatic heterocycles. The molecule has 3 amide bonds. The van der Waals surface area contributed by atoms with Crippen LogP contribution in [0.2, 0.25) is 0 Å². The molecule has 3 N–H and O–H groups in total. The number of phenolic OH excluding ortho intramolecular Hbond substituents is 2. The molecule has 26 heavy (non-hydrogen) atoms. The van der Waals surface area contributed by atoms with Crippen molar-refractivity contribution in [2.75, 3.05) is 0 Å². The van der Waals surface area contributed by atoms with E-state index in [-0.39, 0.29) is 17.1 Å². The number of nitrogens with zero attached hydrogens (tertiary/aromatic N) is 2. The van der Waals surface area contributed by atoms with Gasteiger partial charge in [-0.3, -0.25) is 4.79 Å². The van der Waals surface area contributed by atoms with Gasteiger partial charge in [-0.25, -0.2) is 4.79 Å². The molecule has 7 nitrogen and oxygen atoms in total. The number of hydrazone groups is 1. The summed E-state index contributed by atoms with van der Waals surface area (Å²) in [7, 11) is 0. The summed E-state index contributed by atoms with van der Waals surface area (Å²) in [6, 6.07) is 13.0. The van der Waals surface area contributed by atoms with Crippen molar-refractivity contribution in [1.29, 1.82) is 0 Å². The van der Waals surface area contributed by atoms with Crippen molar-refractivity contribution >= 4 is 18.2 Å². The molecule has 0 saturated carbocycles. The second kappa shape index (κ2) is 6.87. The molecule has 2 aromatic carbocycles. The lowest BCUT2D eigenvalue weighted by Crippen LogP contribution is -2.44. The minimum atomic E-state index is -1.04. The van der Waals surface area contributed by atoms with E-state index in [1.807, 2.05) is 30.3 Å². The molecule has 1 aliphatic rings. The van der Waals surface area contributed by atoms with Crippen molar-refractivity contribution in [3.63, 3.8) is 0 Å². The van der Waals surface area contributed by atoms with Crippen molar-refractivity contribution in [3.8, 4) is 11.5 Å². The average Bonchev–Trinajstić information content (AvgIpc) is 2.83. The second-order valence-corrected chi connectivity index (χ2v) is 6.35. The highest BCUT2D eigenvalue weighted by Crippen LogP contribution is 2.25. The number of nitrogens with one attached hydrogen (secondary N) is 1. The van der Waals surface area contributed by atoms with Crippen LogP contribution in [0.15, 0.2) is 53.6 Å². The van der Waals surface area contributed by atoms with Crippen LogP contribution in [0.25, 0.3) is 0 Å². The predicted molar refractivity (Wildman–Crippen MR) is 95.9 cm³/mol. The van der Waals surface area contributed by atoms with Crippen LogP contribution < -0.4 is 5.32 Å². The minimum absolute atomic E-state index is 0.0943. The summed E-state index contributed by atoms with van der Waals surface area (Å²) < 4.78 is 0. The molecular weight excluding hydrogens is 334 g/mol. The van der Waals surface area contributed by atoms with Crippen LogP contribution in [-0.4, -0.2) is 38.9 Å². The van der Waals surface area contributed by atoms with E-state index in [2.05, 4.69) is 10.4 Å². The Morgan fingerprint density at radius 1 is 1.15 bits per heavy atom. The molecule has 1 aliphatic heterocycles. The van der Waals surface area contributed by atoms with Crippen molar-refractivity contribution in [2.24, 2.45) is 5.10 Å². The van der Waals surface area contributed by atoms with E-state index in [1.165, 1.54) is 18.3 Å². The largest absolute Gasteiger partial charge is 0.508 e. The molecule has 0 bridgehead atoms. The van der Waals surface area contributed by atoms with Gasteiger partial charge >= 0.3 is 6.03 Å². The molecule has 1 saturated heterocycles. The predicted octanol–water partition coefficient (Wildman–Crippen LogP) is 2.38. The lowest BCUT2D eigenvalue weighted by Gasteiger charge is -2.20. The highest BCUT2D eigenvalue weighted by atomic mass is 16.3. The zero-order valence-electron chi connectivity index (χ0n) is 14.2. The molecule has 134 valence electrons. The van der Waals surface area contributed by atoms with Gasteiger partial charge in [-0.2, -0.15) is 5.10 Å². The topological polar surface area (TPSA) is 102 Å². The zero-order chi connectivity index (χ0) is 18.7. The number of amides is 3. The third kappa shape index (κ3) is 3.51. The Balaban J connectivity index is 1.72. The van der Waals surface area contributed by atoms with Gasteiger partial charge in [0.1, 0.15) is 17.0 Å². The van der Waals surface area contributed by atoms with Gasteiger partial charge in [0.15, 0.2) is 0 Å². The number of hydrogen-bond acceptors (Lipinski definition) is 5. The summed E-state index contributed by atoms with van der Waals surface area (Å²) in [5, 5.41) is 26.4. The van der Waals surface area contributed by atoms with Gasteiger partial charge in [-0.1, -0.05) is 30.3 Å². The number of aromatic hydroxyl groups is 2. The lowest BCUT2D eigenvalue weighted by atomic mass is 9.93. The van der Waals surface area contributed by atoms with E-state index >= 15 is 0 Å². The first-order valence-electron chi connectivity index (χ1n) is 8.16. The van der Waals surface area contributed by atoms with E-state index in [9.17, 15) is 19.8 Å². The van der Waals surface area contributed by atoms with Gasteiger partial charge in [-0.05, 0) is 37.5 Å². The van der Waals surface area contributed by atoms with Crippen LogP contribution in [0, 0.1) is 0 Å². The highest BCUT2D eigenvalue weighted by molar-refractivity contribution is 6.07. The standard InChI is InChI=1S/C19H19N3O4/c1-19(10-9-13-5-3-2-4-6-13)17(25)22(18(26)21-19)20-12-14-7-8-15(23)11-16(14)24/h2-8,11-12,23-24H,9-10H2,1H3,(H,21,26)/b20-12+/t19-/m0/s1. The first-order chi connectivity index (χ1) is 12.4. The molecule has 1 fully saturated rings. The lowest BCUT2D eigenvalue weighted by molar-refractivity contribution is -0.130. The molecule has 0 spiro atoms. The van der Waals surface area contributed by atoms with E-state index in [0.29, 0.717) is 12.8 Å². The Morgan fingerprint density at radius 2 is 1.88 bits per heavy atom. The first-order valence-corrected chi connectivity index (χ1v) is 8.16. The Labute approximate surface area is 150 Å². The Kier molecular flexibility index (Phi) is 4.62. The molecule has 1 heterocycles. The number of phenols is 2. The SMILES string of the molecule is C[C@@]1(CCc2ccccc2)NC(=O)N(/N=C/c2ccc(O)cc2O)C1=O. The van der Waals surface area contributed by atoms with E-state index in [4.69, 9.17) is 0 Å². The summed E-state index contributed by atoms with van der Waals surface area (Å²) in [6.45, 7) is 1.67. The van der Waals surface area contributed by atoms with Crippen molar-refractivity contribution < 1.29 is 19.8 Å². The Morgan fingerprint density at radius 3 is 2.58 bits per heavy atom. The molecule has 3 rings (SSSR count). The molecule has 7 heteroatoms. The van der Waals surface area contributed by atoms with Gasteiger partial charge in [0.05, 0.1) is 6.21 Å². The smallest absolute Gasteiger partial charge is 0.346 e. The maximum atomic E-state index is 12.6. The van der Waals surface area contributed by atoms with Crippen LogP contribution in [-0.2, 0) is 11.2 Å². The fraction of sp³-hybridized carbons (Fsp3) is 0.211. The minimum Gasteiger partial charge on any atom is -0.508 e. The van der Waals surface area contributed by atoms with Gasteiger partial charge in [0, 0.05) is 11.6 Å². The number of urea groups is 1. The van der Waals surface area contributed by atoms with Crippen LogP contribution in [0.3, 0.4) is 0 Å². The van der Waals surface area contributed by atoms with Gasteiger partial charge < -0.3 is 15.5 Å². The van der Waals surface area contributed by atoms with E-state index < -0.39 is 17.5 Å². The van der Waals surface area contributed by atoms with Gasteiger partial charge in [0.25, 0.3) is 5.91 Å². The van der Waals surface area contributed by atoms with E-state index in [1.54, 1.807) is 6.92 Å². The van der Waals surface area contributed by atoms with Crippen LogP contribution in [0.5, 0.6) is 11.5 Å². The number of aryl methyl sites for hydroxylation is 1. The van der Waals surface area contributed by atoms with Gasteiger partial charge in [0.2, 0.25) is 0 Å². The summed E-state index contributed by atoms with van der Waals surface area (Å²) in [5.41, 5.74) is 0.314. The van der Waals surface area contributed by atoms with Crippen molar-refractivity contribution in [1.82, 2.24) is 10.3 Å². The fourth-order valence-corrected chi connectivity index (χ4v) is 2.74. The third-order valence-electron chi connectivity index (χ3n) is 4.32.